The summed E-state index contributed by atoms with van der Waals surface area (Å²) in [6.45, 7) is 1.92. The van der Waals surface area contributed by atoms with Crippen LogP contribution in [0.3, 0.4) is 0 Å². The van der Waals surface area contributed by atoms with Crippen molar-refractivity contribution in [3.8, 4) is 11.3 Å². The summed E-state index contributed by atoms with van der Waals surface area (Å²) in [6, 6.07) is 15.9. The van der Waals surface area contributed by atoms with Gasteiger partial charge in [0.1, 0.15) is 0 Å². The predicted octanol–water partition coefficient (Wildman–Crippen LogP) is 3.20. The summed E-state index contributed by atoms with van der Waals surface area (Å²) >= 11 is 0. The fourth-order valence-corrected chi connectivity index (χ4v) is 3.36. The van der Waals surface area contributed by atoms with Crippen molar-refractivity contribution < 1.29 is 8.42 Å². The minimum Gasteiger partial charge on any atom is -0.280 e. The minimum atomic E-state index is -3.57. The van der Waals surface area contributed by atoms with Gasteiger partial charge in [0.05, 0.1) is 10.6 Å². The lowest BCUT2D eigenvalue weighted by atomic mass is 10.1. The van der Waals surface area contributed by atoms with Gasteiger partial charge in [-0.2, -0.15) is 5.10 Å². The Morgan fingerprint density at radius 1 is 0.957 bits per heavy atom. The lowest BCUT2D eigenvalue weighted by Crippen LogP contribution is -2.12. The van der Waals surface area contributed by atoms with E-state index in [0.29, 0.717) is 5.69 Å². The maximum Gasteiger partial charge on any atom is 0.261 e. The van der Waals surface area contributed by atoms with Crippen molar-refractivity contribution in [1.29, 1.82) is 0 Å². The Hall–Kier alpha value is -2.60. The molecule has 1 N–H and O–H groups in total. The van der Waals surface area contributed by atoms with E-state index in [2.05, 4.69) is 9.82 Å². The molecule has 23 heavy (non-hydrogen) atoms. The molecule has 0 saturated heterocycles. The van der Waals surface area contributed by atoms with Crippen LogP contribution in [0.4, 0.5) is 5.69 Å². The van der Waals surface area contributed by atoms with E-state index in [9.17, 15) is 8.42 Å². The zero-order chi connectivity index (χ0) is 16.4. The van der Waals surface area contributed by atoms with Crippen LogP contribution in [0.15, 0.2) is 65.7 Å². The van der Waals surface area contributed by atoms with Crippen molar-refractivity contribution in [2.75, 3.05) is 4.72 Å². The molecule has 0 fully saturated rings. The molecule has 6 heteroatoms. The molecule has 5 nitrogen and oxygen atoms in total. The number of nitrogens with one attached hydrogen (secondary N) is 1. The second kappa shape index (κ2) is 5.89. The number of nitrogens with zero attached hydrogens (tertiary/aromatic N) is 2. The van der Waals surface area contributed by atoms with Crippen LogP contribution in [-0.4, -0.2) is 18.2 Å². The first kappa shape index (κ1) is 15.3. The zero-order valence-corrected chi connectivity index (χ0v) is 13.7. The number of benzene rings is 2. The Morgan fingerprint density at radius 3 is 2.17 bits per heavy atom. The van der Waals surface area contributed by atoms with Crippen LogP contribution in [0.2, 0.25) is 0 Å². The topological polar surface area (TPSA) is 64.0 Å². The van der Waals surface area contributed by atoms with Crippen LogP contribution in [0, 0.1) is 6.92 Å². The van der Waals surface area contributed by atoms with Gasteiger partial charge in [-0.25, -0.2) is 8.42 Å². The third kappa shape index (κ3) is 3.27. The molecule has 3 rings (SSSR count). The van der Waals surface area contributed by atoms with Gasteiger partial charge in [0, 0.05) is 18.9 Å². The average Bonchev–Trinajstić information content (AvgIpc) is 2.94. The van der Waals surface area contributed by atoms with Crippen molar-refractivity contribution in [3.63, 3.8) is 0 Å². The minimum absolute atomic E-state index is 0.249. The molecule has 0 atom stereocenters. The lowest BCUT2D eigenvalue weighted by molar-refractivity contribution is 0.601. The first-order valence-corrected chi connectivity index (χ1v) is 8.62. The van der Waals surface area contributed by atoms with Crippen LogP contribution in [0.5, 0.6) is 0 Å². The molecular weight excluding hydrogens is 310 g/mol. The fourth-order valence-electron chi connectivity index (χ4n) is 2.30. The van der Waals surface area contributed by atoms with Gasteiger partial charge >= 0.3 is 0 Å². The maximum atomic E-state index is 12.4. The number of rotatable bonds is 4. The molecule has 1 heterocycles. The van der Waals surface area contributed by atoms with E-state index in [1.54, 1.807) is 47.3 Å². The first-order valence-electron chi connectivity index (χ1n) is 7.14. The highest BCUT2D eigenvalue weighted by atomic mass is 32.2. The quantitative estimate of drug-likeness (QED) is 0.800. The van der Waals surface area contributed by atoms with Crippen molar-refractivity contribution in [1.82, 2.24) is 9.78 Å². The average molecular weight is 327 g/mol. The number of aryl methyl sites for hydroxylation is 2. The second-order valence-electron chi connectivity index (χ2n) is 5.34. The highest BCUT2D eigenvalue weighted by molar-refractivity contribution is 7.92. The Bertz CT molecular complexity index is 911. The first-order chi connectivity index (χ1) is 11.0. The van der Waals surface area contributed by atoms with Crippen molar-refractivity contribution in [3.05, 3.63) is 66.4 Å². The van der Waals surface area contributed by atoms with Crippen LogP contribution in [-0.2, 0) is 17.1 Å². The maximum absolute atomic E-state index is 12.4. The number of aromatic nitrogens is 2. The van der Waals surface area contributed by atoms with Crippen molar-refractivity contribution in [2.24, 2.45) is 7.05 Å². The molecule has 0 saturated carbocycles. The molecule has 0 unspecified atom stereocenters. The number of hydrogen-bond acceptors (Lipinski definition) is 3. The van der Waals surface area contributed by atoms with Crippen LogP contribution >= 0.6 is 0 Å². The zero-order valence-electron chi connectivity index (χ0n) is 12.9. The Labute approximate surface area is 135 Å². The SMILES string of the molecule is Cc1ccc(S(=O)(=O)Nc2ccc(-c3ccnn3C)cc2)cc1. The van der Waals surface area contributed by atoms with E-state index in [1.165, 1.54) is 0 Å². The van der Waals surface area contributed by atoms with Gasteiger partial charge in [-0.15, -0.1) is 0 Å². The summed E-state index contributed by atoms with van der Waals surface area (Å²) < 4.78 is 29.1. The molecule has 0 aliphatic heterocycles. The molecule has 0 spiro atoms. The van der Waals surface area contributed by atoms with Crippen molar-refractivity contribution >= 4 is 15.7 Å². The van der Waals surface area contributed by atoms with Gasteiger partial charge in [0.2, 0.25) is 0 Å². The summed E-state index contributed by atoms with van der Waals surface area (Å²) in [6.07, 6.45) is 1.73. The Kier molecular flexibility index (Phi) is 3.92. The van der Waals surface area contributed by atoms with Crippen LogP contribution < -0.4 is 4.72 Å². The molecule has 2 aromatic carbocycles. The van der Waals surface area contributed by atoms with E-state index in [-0.39, 0.29) is 4.90 Å². The Balaban J connectivity index is 1.83. The molecule has 118 valence electrons. The summed E-state index contributed by atoms with van der Waals surface area (Å²) in [5.74, 6) is 0. The van der Waals surface area contributed by atoms with Crippen LogP contribution in [0.25, 0.3) is 11.3 Å². The monoisotopic (exact) mass is 327 g/mol. The van der Waals surface area contributed by atoms with Gasteiger partial charge in [0.25, 0.3) is 10.0 Å². The number of anilines is 1. The largest absolute Gasteiger partial charge is 0.280 e. The van der Waals surface area contributed by atoms with Gasteiger partial charge in [0.15, 0.2) is 0 Å². The van der Waals surface area contributed by atoms with E-state index in [1.807, 2.05) is 32.2 Å². The van der Waals surface area contributed by atoms with E-state index < -0.39 is 10.0 Å². The third-order valence-corrected chi connectivity index (χ3v) is 4.98. The number of hydrogen-bond donors (Lipinski definition) is 1. The predicted molar refractivity (Wildman–Crippen MR) is 90.6 cm³/mol. The van der Waals surface area contributed by atoms with E-state index in [4.69, 9.17) is 0 Å². The number of sulfonamides is 1. The summed E-state index contributed by atoms with van der Waals surface area (Å²) in [5, 5.41) is 4.13. The normalized spacial score (nSPS) is 11.4. The molecule has 0 amide bonds. The molecule has 0 bridgehead atoms. The standard InChI is InChI=1S/C17H17N3O2S/c1-13-3-9-16(10-4-13)23(21,22)19-15-7-5-14(6-8-15)17-11-12-18-20(17)2/h3-12,19H,1-2H3. The molecule has 0 radical (unpaired) electrons. The van der Waals surface area contributed by atoms with E-state index >= 15 is 0 Å². The summed E-state index contributed by atoms with van der Waals surface area (Å²) in [7, 11) is -1.71. The van der Waals surface area contributed by atoms with Crippen molar-refractivity contribution in [2.45, 2.75) is 11.8 Å². The van der Waals surface area contributed by atoms with E-state index in [0.717, 1.165) is 16.8 Å². The smallest absolute Gasteiger partial charge is 0.261 e. The van der Waals surface area contributed by atoms with Gasteiger partial charge in [-0.1, -0.05) is 29.8 Å². The molecular formula is C17H17N3O2S. The molecule has 0 aliphatic rings. The molecule has 3 aromatic rings. The summed E-state index contributed by atoms with van der Waals surface area (Å²) in [4.78, 5) is 0.249. The highest BCUT2D eigenvalue weighted by Crippen LogP contribution is 2.22. The molecule has 0 aliphatic carbocycles. The summed E-state index contributed by atoms with van der Waals surface area (Å²) in [5.41, 5.74) is 3.49. The van der Waals surface area contributed by atoms with Gasteiger partial charge in [-0.3, -0.25) is 9.40 Å². The highest BCUT2D eigenvalue weighted by Gasteiger charge is 2.13. The fraction of sp³-hybridized carbons (Fsp3) is 0.118. The van der Waals surface area contributed by atoms with Crippen LogP contribution in [0.1, 0.15) is 5.56 Å². The lowest BCUT2D eigenvalue weighted by Gasteiger charge is -2.09. The van der Waals surface area contributed by atoms with Gasteiger partial charge < -0.3 is 0 Å². The third-order valence-electron chi connectivity index (χ3n) is 3.59. The van der Waals surface area contributed by atoms with Gasteiger partial charge in [-0.05, 0) is 42.8 Å². The second-order valence-corrected chi connectivity index (χ2v) is 7.02. The molecule has 1 aromatic heterocycles. The Morgan fingerprint density at radius 2 is 1.61 bits per heavy atom.